The van der Waals surface area contributed by atoms with E-state index in [4.69, 9.17) is 0 Å². The van der Waals surface area contributed by atoms with E-state index >= 15 is 0 Å². The molecule has 0 spiro atoms. The Labute approximate surface area is 158 Å². The lowest BCUT2D eigenvalue weighted by Crippen LogP contribution is -2.46. The number of hydrogen-bond donors (Lipinski definition) is 0. The first-order valence-corrected chi connectivity index (χ1v) is 9.28. The maximum atomic E-state index is 12.6. The van der Waals surface area contributed by atoms with Crippen LogP contribution in [0.1, 0.15) is 29.0 Å². The number of benzene rings is 1. The molecule has 0 atom stereocenters. The molecular formula is C20H24N6O. The van der Waals surface area contributed by atoms with Crippen molar-refractivity contribution in [2.24, 2.45) is 7.05 Å². The van der Waals surface area contributed by atoms with Crippen molar-refractivity contribution in [2.45, 2.75) is 25.8 Å². The van der Waals surface area contributed by atoms with Crippen LogP contribution >= 0.6 is 0 Å². The van der Waals surface area contributed by atoms with Crippen LogP contribution in [0.4, 0.5) is 5.82 Å². The SMILES string of the molecule is Cc1nnc(N2CCC(N(C)C(=O)c3ccn(C)n3)CC2)c2ccccc12. The molecule has 27 heavy (non-hydrogen) atoms. The molecule has 1 aliphatic rings. The van der Waals surface area contributed by atoms with Gasteiger partial charge in [0.15, 0.2) is 5.82 Å². The number of nitrogens with zero attached hydrogens (tertiary/aromatic N) is 6. The second kappa shape index (κ2) is 6.98. The number of fused-ring (bicyclic) bond motifs is 1. The van der Waals surface area contributed by atoms with Crippen LogP contribution in [-0.4, -0.2) is 57.0 Å². The van der Waals surface area contributed by atoms with Gasteiger partial charge in [0.1, 0.15) is 5.69 Å². The predicted molar refractivity (Wildman–Crippen MR) is 105 cm³/mol. The van der Waals surface area contributed by atoms with Crippen molar-refractivity contribution in [3.63, 3.8) is 0 Å². The summed E-state index contributed by atoms with van der Waals surface area (Å²) in [5, 5.41) is 15.3. The Morgan fingerprint density at radius 2 is 1.81 bits per heavy atom. The topological polar surface area (TPSA) is 67.2 Å². The van der Waals surface area contributed by atoms with Crippen LogP contribution in [0, 0.1) is 6.92 Å². The predicted octanol–water partition coefficient (Wildman–Crippen LogP) is 2.41. The van der Waals surface area contributed by atoms with Gasteiger partial charge in [0, 0.05) is 50.2 Å². The molecule has 1 amide bonds. The molecular weight excluding hydrogens is 340 g/mol. The molecule has 0 aliphatic carbocycles. The highest BCUT2D eigenvalue weighted by molar-refractivity contribution is 5.93. The van der Waals surface area contributed by atoms with Crippen LogP contribution in [0.5, 0.6) is 0 Å². The molecule has 4 rings (SSSR count). The van der Waals surface area contributed by atoms with E-state index in [9.17, 15) is 4.79 Å². The summed E-state index contributed by atoms with van der Waals surface area (Å²) in [6.45, 7) is 3.70. The number of rotatable bonds is 3. The Morgan fingerprint density at radius 1 is 1.11 bits per heavy atom. The van der Waals surface area contributed by atoms with Gasteiger partial charge in [0.25, 0.3) is 5.91 Å². The van der Waals surface area contributed by atoms with Crippen LogP contribution in [0.3, 0.4) is 0 Å². The van der Waals surface area contributed by atoms with E-state index in [1.807, 2.05) is 38.1 Å². The molecule has 0 radical (unpaired) electrons. The van der Waals surface area contributed by atoms with Crippen LogP contribution in [-0.2, 0) is 7.05 Å². The van der Waals surface area contributed by atoms with Crippen molar-refractivity contribution in [3.8, 4) is 0 Å². The number of piperidine rings is 1. The van der Waals surface area contributed by atoms with Crippen LogP contribution in [0.2, 0.25) is 0 Å². The van der Waals surface area contributed by atoms with E-state index in [1.165, 1.54) is 0 Å². The van der Waals surface area contributed by atoms with E-state index < -0.39 is 0 Å². The highest BCUT2D eigenvalue weighted by atomic mass is 16.2. The quantitative estimate of drug-likeness (QED) is 0.714. The first-order chi connectivity index (χ1) is 13.0. The first kappa shape index (κ1) is 17.5. The number of hydrogen-bond acceptors (Lipinski definition) is 5. The van der Waals surface area contributed by atoms with Gasteiger partial charge < -0.3 is 9.80 Å². The van der Waals surface area contributed by atoms with E-state index in [0.717, 1.165) is 48.2 Å². The van der Waals surface area contributed by atoms with E-state index in [-0.39, 0.29) is 11.9 Å². The van der Waals surface area contributed by atoms with Crippen molar-refractivity contribution in [3.05, 3.63) is 47.9 Å². The van der Waals surface area contributed by atoms with Gasteiger partial charge in [-0.3, -0.25) is 9.48 Å². The van der Waals surface area contributed by atoms with Gasteiger partial charge in [-0.2, -0.15) is 10.2 Å². The minimum absolute atomic E-state index is 0.0189. The maximum absolute atomic E-state index is 12.6. The Morgan fingerprint density at radius 3 is 2.48 bits per heavy atom. The number of aryl methyl sites for hydroxylation is 2. The molecule has 0 saturated carbocycles. The normalized spacial score (nSPS) is 15.3. The molecule has 3 aromatic rings. The molecule has 7 nitrogen and oxygen atoms in total. The molecule has 1 aliphatic heterocycles. The number of aromatic nitrogens is 4. The highest BCUT2D eigenvalue weighted by Crippen LogP contribution is 2.28. The fourth-order valence-corrected chi connectivity index (χ4v) is 3.80. The molecule has 1 saturated heterocycles. The largest absolute Gasteiger partial charge is 0.354 e. The summed E-state index contributed by atoms with van der Waals surface area (Å²) < 4.78 is 1.66. The summed E-state index contributed by atoms with van der Waals surface area (Å²) in [7, 11) is 3.70. The van der Waals surface area contributed by atoms with Gasteiger partial charge in [-0.05, 0) is 25.8 Å². The molecule has 0 N–H and O–H groups in total. The lowest BCUT2D eigenvalue weighted by molar-refractivity contribution is 0.0702. The summed E-state index contributed by atoms with van der Waals surface area (Å²) in [4.78, 5) is 16.7. The summed E-state index contributed by atoms with van der Waals surface area (Å²) in [6.07, 6.45) is 3.60. The van der Waals surface area contributed by atoms with Gasteiger partial charge >= 0.3 is 0 Å². The number of carbonyl (C=O) groups excluding carboxylic acids is 1. The minimum Gasteiger partial charge on any atom is -0.354 e. The molecule has 1 fully saturated rings. The number of anilines is 1. The van der Waals surface area contributed by atoms with Crippen molar-refractivity contribution >= 4 is 22.5 Å². The molecule has 2 aromatic heterocycles. The first-order valence-electron chi connectivity index (χ1n) is 9.28. The molecule has 7 heteroatoms. The van der Waals surface area contributed by atoms with E-state index in [0.29, 0.717) is 5.69 Å². The lowest BCUT2D eigenvalue weighted by atomic mass is 10.0. The molecule has 3 heterocycles. The van der Waals surface area contributed by atoms with Gasteiger partial charge in [-0.1, -0.05) is 24.3 Å². The fraction of sp³-hybridized carbons (Fsp3) is 0.400. The number of carbonyl (C=O) groups is 1. The molecule has 0 unspecified atom stereocenters. The standard InChI is InChI=1S/C20H24N6O/c1-14-16-6-4-5-7-17(16)19(22-21-14)26-12-8-15(9-13-26)25(3)20(27)18-10-11-24(2)23-18/h4-7,10-11,15H,8-9,12-13H2,1-3H3. The van der Waals surface area contributed by atoms with Crippen molar-refractivity contribution < 1.29 is 4.79 Å². The summed E-state index contributed by atoms with van der Waals surface area (Å²) in [5.41, 5.74) is 1.45. The highest BCUT2D eigenvalue weighted by Gasteiger charge is 2.28. The number of amides is 1. The lowest BCUT2D eigenvalue weighted by Gasteiger charge is -2.37. The van der Waals surface area contributed by atoms with Crippen molar-refractivity contribution in [1.82, 2.24) is 24.9 Å². The third-order valence-electron chi connectivity index (χ3n) is 5.42. The average Bonchev–Trinajstić information content (AvgIpc) is 3.14. The second-order valence-corrected chi connectivity index (χ2v) is 7.16. The third kappa shape index (κ3) is 3.25. The third-order valence-corrected chi connectivity index (χ3v) is 5.42. The smallest absolute Gasteiger partial charge is 0.274 e. The molecule has 140 valence electrons. The Balaban J connectivity index is 1.48. The zero-order valence-corrected chi connectivity index (χ0v) is 16.0. The molecule has 1 aromatic carbocycles. The second-order valence-electron chi connectivity index (χ2n) is 7.16. The maximum Gasteiger partial charge on any atom is 0.274 e. The van der Waals surface area contributed by atoms with E-state index in [1.54, 1.807) is 16.9 Å². The van der Waals surface area contributed by atoms with Gasteiger partial charge in [0.05, 0.1) is 5.69 Å². The van der Waals surface area contributed by atoms with E-state index in [2.05, 4.69) is 32.3 Å². The zero-order chi connectivity index (χ0) is 19.0. The van der Waals surface area contributed by atoms with Gasteiger partial charge in [-0.15, -0.1) is 5.10 Å². The average molecular weight is 364 g/mol. The fourth-order valence-electron chi connectivity index (χ4n) is 3.80. The Bertz CT molecular complexity index is 974. The van der Waals surface area contributed by atoms with Crippen LogP contribution in [0.15, 0.2) is 36.5 Å². The van der Waals surface area contributed by atoms with Crippen molar-refractivity contribution in [2.75, 3.05) is 25.0 Å². The Hall–Kier alpha value is -2.96. The summed E-state index contributed by atoms with van der Waals surface area (Å²) in [6, 6.07) is 10.2. The Kier molecular flexibility index (Phi) is 4.51. The molecule has 0 bridgehead atoms. The van der Waals surface area contributed by atoms with Gasteiger partial charge in [0.2, 0.25) is 0 Å². The van der Waals surface area contributed by atoms with Crippen LogP contribution in [0.25, 0.3) is 10.8 Å². The van der Waals surface area contributed by atoms with Crippen LogP contribution < -0.4 is 4.90 Å². The monoisotopic (exact) mass is 364 g/mol. The minimum atomic E-state index is -0.0189. The summed E-state index contributed by atoms with van der Waals surface area (Å²) in [5.74, 6) is 0.919. The van der Waals surface area contributed by atoms with Gasteiger partial charge in [-0.25, -0.2) is 0 Å². The van der Waals surface area contributed by atoms with Crippen molar-refractivity contribution in [1.29, 1.82) is 0 Å². The zero-order valence-electron chi connectivity index (χ0n) is 16.0. The summed E-state index contributed by atoms with van der Waals surface area (Å²) >= 11 is 0.